The van der Waals surface area contributed by atoms with Gasteiger partial charge in [-0.2, -0.15) is 0 Å². The van der Waals surface area contributed by atoms with Crippen LogP contribution in [-0.4, -0.2) is 35.1 Å². The lowest BCUT2D eigenvalue weighted by Crippen LogP contribution is -2.56. The van der Waals surface area contributed by atoms with Gasteiger partial charge in [0.25, 0.3) is 0 Å². The van der Waals surface area contributed by atoms with E-state index in [9.17, 15) is 0 Å². The zero-order valence-corrected chi connectivity index (χ0v) is 11.1. The van der Waals surface area contributed by atoms with Crippen molar-refractivity contribution in [3.05, 3.63) is 16.6 Å². The van der Waals surface area contributed by atoms with Gasteiger partial charge in [-0.05, 0) is 12.8 Å². The van der Waals surface area contributed by atoms with E-state index < -0.39 is 0 Å². The number of piperazine rings is 1. The molecule has 1 fully saturated rings. The van der Waals surface area contributed by atoms with Crippen LogP contribution in [0.25, 0.3) is 0 Å². The number of hydrogen-bond donors (Lipinski definition) is 1. The van der Waals surface area contributed by atoms with Gasteiger partial charge in [0.1, 0.15) is 0 Å². The molecular weight excluding hydrogens is 218 g/mol. The first kappa shape index (κ1) is 12.0. The van der Waals surface area contributed by atoms with Crippen LogP contribution >= 0.6 is 11.3 Å². The quantitative estimate of drug-likeness (QED) is 0.874. The number of nitrogens with zero attached hydrogens (tertiary/aromatic N) is 2. The Morgan fingerprint density at radius 2 is 2.44 bits per heavy atom. The largest absolute Gasteiger partial charge is 0.311 e. The Bertz CT molecular complexity index is 310. The number of nitrogens with one attached hydrogen (secondary N) is 1. The highest BCUT2D eigenvalue weighted by Gasteiger charge is 2.28. The highest BCUT2D eigenvalue weighted by atomic mass is 32.1. The molecular formula is C12H21N3S. The summed E-state index contributed by atoms with van der Waals surface area (Å²) < 4.78 is 0. The van der Waals surface area contributed by atoms with Gasteiger partial charge in [0.2, 0.25) is 0 Å². The maximum absolute atomic E-state index is 4.15. The molecule has 0 amide bonds. The molecule has 0 bridgehead atoms. The van der Waals surface area contributed by atoms with E-state index in [2.05, 4.69) is 36.0 Å². The van der Waals surface area contributed by atoms with Gasteiger partial charge in [-0.25, -0.2) is 0 Å². The molecule has 90 valence electrons. The van der Waals surface area contributed by atoms with Crippen LogP contribution in [0.5, 0.6) is 0 Å². The van der Waals surface area contributed by atoms with Gasteiger partial charge in [-0.15, -0.1) is 11.3 Å². The Morgan fingerprint density at radius 3 is 3.06 bits per heavy atom. The van der Waals surface area contributed by atoms with E-state index in [0.717, 1.165) is 19.6 Å². The molecule has 0 saturated carbocycles. The monoisotopic (exact) mass is 239 g/mol. The molecule has 1 saturated heterocycles. The lowest BCUT2D eigenvalue weighted by Gasteiger charge is -2.41. The smallest absolute Gasteiger partial charge is 0.0794 e. The van der Waals surface area contributed by atoms with E-state index >= 15 is 0 Å². The lowest BCUT2D eigenvalue weighted by atomic mass is 9.99. The maximum atomic E-state index is 4.15. The van der Waals surface area contributed by atoms with Gasteiger partial charge in [0.15, 0.2) is 0 Å². The molecule has 16 heavy (non-hydrogen) atoms. The number of aromatic nitrogens is 1. The first-order chi connectivity index (χ1) is 7.66. The first-order valence-electron chi connectivity index (χ1n) is 6.01. The fourth-order valence-corrected chi connectivity index (χ4v) is 2.98. The van der Waals surface area contributed by atoms with Crippen LogP contribution in [0.1, 0.15) is 25.6 Å². The van der Waals surface area contributed by atoms with E-state index in [1.807, 2.05) is 11.7 Å². The highest BCUT2D eigenvalue weighted by molar-refractivity contribution is 7.09. The van der Waals surface area contributed by atoms with Gasteiger partial charge < -0.3 is 5.32 Å². The van der Waals surface area contributed by atoms with Crippen molar-refractivity contribution < 1.29 is 0 Å². The van der Waals surface area contributed by atoms with Crippen LogP contribution in [0.3, 0.4) is 0 Å². The van der Waals surface area contributed by atoms with Crippen molar-refractivity contribution in [2.45, 2.75) is 39.4 Å². The molecule has 2 heterocycles. The fourth-order valence-electron chi connectivity index (χ4n) is 2.36. The third kappa shape index (κ3) is 2.81. The molecule has 0 aliphatic carbocycles. The molecule has 0 radical (unpaired) electrons. The molecule has 1 N–H and O–H groups in total. The van der Waals surface area contributed by atoms with Crippen LogP contribution in [0.4, 0.5) is 0 Å². The minimum atomic E-state index is 0.600. The number of rotatable bonds is 3. The predicted molar refractivity (Wildman–Crippen MR) is 68.6 cm³/mol. The minimum absolute atomic E-state index is 0.600. The van der Waals surface area contributed by atoms with E-state index in [-0.39, 0.29) is 0 Å². The second kappa shape index (κ2) is 5.25. The van der Waals surface area contributed by atoms with Crippen molar-refractivity contribution in [2.24, 2.45) is 5.92 Å². The van der Waals surface area contributed by atoms with Gasteiger partial charge in [0, 0.05) is 42.8 Å². The lowest BCUT2D eigenvalue weighted by molar-refractivity contribution is 0.0966. The number of hydrogen-bond acceptors (Lipinski definition) is 4. The Hall–Kier alpha value is -0.450. The Balaban J connectivity index is 2.02. The minimum Gasteiger partial charge on any atom is -0.311 e. The Labute approximate surface area is 102 Å². The molecule has 1 aromatic rings. The van der Waals surface area contributed by atoms with Gasteiger partial charge in [-0.3, -0.25) is 9.88 Å². The van der Waals surface area contributed by atoms with Crippen LogP contribution in [0, 0.1) is 5.92 Å². The van der Waals surface area contributed by atoms with Gasteiger partial charge in [0.05, 0.1) is 5.51 Å². The Kier molecular flexibility index (Phi) is 3.95. The molecule has 1 aliphatic heterocycles. The summed E-state index contributed by atoms with van der Waals surface area (Å²) in [6.07, 6.45) is 1.99. The van der Waals surface area contributed by atoms with E-state index in [4.69, 9.17) is 0 Å². The van der Waals surface area contributed by atoms with Crippen molar-refractivity contribution >= 4 is 11.3 Å². The summed E-state index contributed by atoms with van der Waals surface area (Å²) in [6.45, 7) is 10.2. The maximum Gasteiger partial charge on any atom is 0.0794 e. The number of thiazole rings is 1. The zero-order chi connectivity index (χ0) is 11.5. The van der Waals surface area contributed by atoms with Crippen LogP contribution in [0.2, 0.25) is 0 Å². The average molecular weight is 239 g/mol. The Morgan fingerprint density at radius 1 is 1.62 bits per heavy atom. The van der Waals surface area contributed by atoms with Crippen LogP contribution < -0.4 is 5.32 Å². The molecule has 0 spiro atoms. The van der Waals surface area contributed by atoms with Crippen molar-refractivity contribution in [2.75, 3.05) is 13.1 Å². The van der Waals surface area contributed by atoms with Crippen molar-refractivity contribution in [1.29, 1.82) is 0 Å². The molecule has 2 unspecified atom stereocenters. The summed E-state index contributed by atoms with van der Waals surface area (Å²) in [6, 6.07) is 1.25. The second-order valence-electron chi connectivity index (χ2n) is 5.02. The van der Waals surface area contributed by atoms with E-state index in [0.29, 0.717) is 18.0 Å². The van der Waals surface area contributed by atoms with Gasteiger partial charge in [-0.1, -0.05) is 13.8 Å². The zero-order valence-electron chi connectivity index (χ0n) is 10.3. The fraction of sp³-hybridized carbons (Fsp3) is 0.750. The summed E-state index contributed by atoms with van der Waals surface area (Å²) in [5.41, 5.74) is 1.92. The molecule has 0 aromatic carbocycles. The highest BCUT2D eigenvalue weighted by Crippen LogP contribution is 2.19. The normalized spacial score (nSPS) is 27.5. The average Bonchev–Trinajstić information content (AvgIpc) is 2.70. The third-order valence-corrected chi connectivity index (χ3v) is 4.03. The van der Waals surface area contributed by atoms with Gasteiger partial charge >= 0.3 is 0 Å². The topological polar surface area (TPSA) is 28.2 Å². The molecule has 1 aromatic heterocycles. The summed E-state index contributed by atoms with van der Waals surface area (Å²) in [4.78, 5) is 8.12. The SMILES string of the molecule is CC1CN(Cc2cncs2)C(C(C)C)CN1. The summed E-state index contributed by atoms with van der Waals surface area (Å²) in [7, 11) is 0. The van der Waals surface area contributed by atoms with Crippen LogP contribution in [0.15, 0.2) is 11.7 Å². The second-order valence-corrected chi connectivity index (χ2v) is 5.99. The molecule has 1 aliphatic rings. The summed E-state index contributed by atoms with van der Waals surface area (Å²) in [5, 5.41) is 3.57. The van der Waals surface area contributed by atoms with Crippen molar-refractivity contribution in [1.82, 2.24) is 15.2 Å². The molecule has 4 heteroatoms. The standard InChI is InChI=1S/C12H21N3S/c1-9(2)12-5-14-10(3)6-15(12)7-11-4-13-8-16-11/h4,8-10,12,14H,5-7H2,1-3H3. The molecule has 2 rings (SSSR count). The third-order valence-electron chi connectivity index (χ3n) is 3.26. The molecule has 2 atom stereocenters. The first-order valence-corrected chi connectivity index (χ1v) is 6.89. The van der Waals surface area contributed by atoms with E-state index in [1.54, 1.807) is 11.3 Å². The van der Waals surface area contributed by atoms with Crippen LogP contribution in [-0.2, 0) is 6.54 Å². The predicted octanol–water partition coefficient (Wildman–Crippen LogP) is 1.96. The molecule has 3 nitrogen and oxygen atoms in total. The van der Waals surface area contributed by atoms with Crippen molar-refractivity contribution in [3.63, 3.8) is 0 Å². The van der Waals surface area contributed by atoms with Crippen molar-refractivity contribution in [3.8, 4) is 0 Å². The summed E-state index contributed by atoms with van der Waals surface area (Å²) in [5.74, 6) is 0.702. The summed E-state index contributed by atoms with van der Waals surface area (Å²) >= 11 is 1.76. The van der Waals surface area contributed by atoms with E-state index in [1.165, 1.54) is 4.88 Å².